The zero-order valence-corrected chi connectivity index (χ0v) is 11.8. The molecular formula is C16H14F2N4. The van der Waals surface area contributed by atoms with Crippen molar-refractivity contribution in [2.24, 2.45) is 0 Å². The smallest absolute Gasteiger partial charge is 0.233 e. The van der Waals surface area contributed by atoms with Gasteiger partial charge < -0.3 is 4.90 Å². The zero-order chi connectivity index (χ0) is 15.1. The van der Waals surface area contributed by atoms with E-state index in [-0.39, 0.29) is 11.9 Å². The monoisotopic (exact) mass is 300 g/mol. The summed E-state index contributed by atoms with van der Waals surface area (Å²) in [7, 11) is 0. The van der Waals surface area contributed by atoms with E-state index >= 15 is 0 Å². The lowest BCUT2D eigenvalue weighted by Gasteiger charge is -2.26. The highest BCUT2D eigenvalue weighted by molar-refractivity contribution is 5.48. The molecule has 2 aromatic heterocycles. The number of hydrogen-bond donors (Lipinski definition) is 0. The molecule has 3 heterocycles. The Kier molecular flexibility index (Phi) is 3.03. The van der Waals surface area contributed by atoms with Gasteiger partial charge in [-0.3, -0.25) is 0 Å². The number of halogens is 2. The SMILES string of the molecule is Fc1ccc([C@@H]2CCCN2c2ccc3nc(F)cn3n2)cc1. The quantitative estimate of drug-likeness (QED) is 0.728. The Bertz CT molecular complexity index is 813. The lowest BCUT2D eigenvalue weighted by atomic mass is 10.0. The molecule has 112 valence electrons. The average Bonchev–Trinajstić information content (AvgIpc) is 3.12. The Morgan fingerprint density at radius 3 is 2.68 bits per heavy atom. The third kappa shape index (κ3) is 2.20. The molecule has 4 nitrogen and oxygen atoms in total. The predicted octanol–water partition coefficient (Wildman–Crippen LogP) is 3.35. The van der Waals surface area contributed by atoms with Crippen LogP contribution in [0.4, 0.5) is 14.6 Å². The molecule has 0 spiro atoms. The van der Waals surface area contributed by atoms with Crippen molar-refractivity contribution >= 4 is 11.5 Å². The number of rotatable bonds is 2. The summed E-state index contributed by atoms with van der Waals surface area (Å²) < 4.78 is 27.7. The molecular weight excluding hydrogens is 286 g/mol. The maximum absolute atomic E-state index is 13.2. The number of benzene rings is 1. The minimum atomic E-state index is -0.541. The highest BCUT2D eigenvalue weighted by Gasteiger charge is 2.27. The van der Waals surface area contributed by atoms with Crippen molar-refractivity contribution in [3.63, 3.8) is 0 Å². The number of imidazole rings is 1. The Hall–Kier alpha value is -2.50. The number of anilines is 1. The van der Waals surface area contributed by atoms with Crippen LogP contribution in [0.5, 0.6) is 0 Å². The third-order valence-corrected chi connectivity index (χ3v) is 4.08. The van der Waals surface area contributed by atoms with Crippen molar-refractivity contribution in [3.8, 4) is 0 Å². The van der Waals surface area contributed by atoms with Crippen LogP contribution in [-0.2, 0) is 0 Å². The molecule has 0 amide bonds. The first kappa shape index (κ1) is 13.2. The molecule has 0 saturated carbocycles. The second-order valence-corrected chi connectivity index (χ2v) is 5.46. The van der Waals surface area contributed by atoms with Crippen LogP contribution < -0.4 is 4.90 Å². The summed E-state index contributed by atoms with van der Waals surface area (Å²) in [4.78, 5) is 5.91. The number of fused-ring (bicyclic) bond motifs is 1. The molecule has 3 aromatic rings. The normalized spacial score (nSPS) is 18.3. The molecule has 0 unspecified atom stereocenters. The van der Waals surface area contributed by atoms with Gasteiger partial charge in [-0.2, -0.15) is 9.37 Å². The molecule has 4 rings (SSSR count). The molecule has 1 atom stereocenters. The van der Waals surface area contributed by atoms with E-state index in [0.29, 0.717) is 5.65 Å². The number of nitrogens with zero attached hydrogens (tertiary/aromatic N) is 4. The van der Waals surface area contributed by atoms with Crippen molar-refractivity contribution in [2.75, 3.05) is 11.4 Å². The molecule has 1 saturated heterocycles. The molecule has 6 heteroatoms. The van der Waals surface area contributed by atoms with E-state index in [2.05, 4.69) is 15.0 Å². The molecule has 1 aliphatic rings. The topological polar surface area (TPSA) is 33.4 Å². The van der Waals surface area contributed by atoms with Crippen molar-refractivity contribution in [1.82, 2.24) is 14.6 Å². The van der Waals surface area contributed by atoms with Gasteiger partial charge in [-0.15, -0.1) is 5.10 Å². The summed E-state index contributed by atoms with van der Waals surface area (Å²) in [5, 5.41) is 4.44. The van der Waals surface area contributed by atoms with Crippen LogP contribution in [0.1, 0.15) is 24.4 Å². The summed E-state index contributed by atoms with van der Waals surface area (Å²) in [5.41, 5.74) is 1.55. The Balaban J connectivity index is 1.70. The van der Waals surface area contributed by atoms with Crippen LogP contribution in [0.2, 0.25) is 0 Å². The van der Waals surface area contributed by atoms with Gasteiger partial charge in [-0.1, -0.05) is 12.1 Å². The molecule has 0 aliphatic carbocycles. The summed E-state index contributed by atoms with van der Waals surface area (Å²) in [6.07, 6.45) is 3.30. The molecule has 22 heavy (non-hydrogen) atoms. The third-order valence-electron chi connectivity index (χ3n) is 4.08. The first-order chi connectivity index (χ1) is 10.7. The first-order valence-electron chi connectivity index (χ1n) is 7.25. The van der Waals surface area contributed by atoms with E-state index in [1.165, 1.54) is 22.8 Å². The summed E-state index contributed by atoms with van der Waals surface area (Å²) in [5.74, 6) is -0.000358. The summed E-state index contributed by atoms with van der Waals surface area (Å²) in [6.45, 7) is 0.873. The highest BCUT2D eigenvalue weighted by Crippen LogP contribution is 2.35. The minimum Gasteiger partial charge on any atom is -0.348 e. The predicted molar refractivity (Wildman–Crippen MR) is 78.7 cm³/mol. The van der Waals surface area contributed by atoms with Gasteiger partial charge in [0.15, 0.2) is 5.65 Å². The van der Waals surface area contributed by atoms with Crippen molar-refractivity contribution < 1.29 is 8.78 Å². The fraction of sp³-hybridized carbons (Fsp3) is 0.250. The van der Waals surface area contributed by atoms with Crippen LogP contribution in [0.15, 0.2) is 42.6 Å². The van der Waals surface area contributed by atoms with E-state index in [1.807, 2.05) is 18.2 Å². The fourth-order valence-electron chi connectivity index (χ4n) is 3.07. The number of aromatic nitrogens is 3. The van der Waals surface area contributed by atoms with E-state index < -0.39 is 5.95 Å². The molecule has 0 radical (unpaired) electrons. The molecule has 1 aliphatic heterocycles. The van der Waals surface area contributed by atoms with Crippen LogP contribution in [0.25, 0.3) is 5.65 Å². The van der Waals surface area contributed by atoms with E-state index in [0.717, 1.165) is 30.8 Å². The van der Waals surface area contributed by atoms with E-state index in [4.69, 9.17) is 0 Å². The largest absolute Gasteiger partial charge is 0.348 e. The maximum Gasteiger partial charge on any atom is 0.233 e. The van der Waals surface area contributed by atoms with Crippen LogP contribution in [-0.4, -0.2) is 21.1 Å². The van der Waals surface area contributed by atoms with Gasteiger partial charge in [-0.25, -0.2) is 8.91 Å². The van der Waals surface area contributed by atoms with E-state index in [1.54, 1.807) is 6.07 Å². The second-order valence-electron chi connectivity index (χ2n) is 5.46. The van der Waals surface area contributed by atoms with Gasteiger partial charge in [0.1, 0.15) is 11.6 Å². The molecule has 1 fully saturated rings. The minimum absolute atomic E-state index is 0.166. The lowest BCUT2D eigenvalue weighted by molar-refractivity contribution is 0.590. The Morgan fingerprint density at radius 1 is 1.05 bits per heavy atom. The maximum atomic E-state index is 13.2. The van der Waals surface area contributed by atoms with Gasteiger partial charge in [0.05, 0.1) is 12.2 Å². The van der Waals surface area contributed by atoms with Crippen molar-refractivity contribution in [2.45, 2.75) is 18.9 Å². The lowest BCUT2D eigenvalue weighted by Crippen LogP contribution is -2.24. The van der Waals surface area contributed by atoms with Gasteiger partial charge >= 0.3 is 0 Å². The molecule has 0 N–H and O–H groups in total. The van der Waals surface area contributed by atoms with Gasteiger partial charge in [-0.05, 0) is 42.7 Å². The van der Waals surface area contributed by atoms with Crippen molar-refractivity contribution in [1.29, 1.82) is 0 Å². The number of hydrogen-bond acceptors (Lipinski definition) is 3. The van der Waals surface area contributed by atoms with Crippen LogP contribution in [0.3, 0.4) is 0 Å². The van der Waals surface area contributed by atoms with Crippen LogP contribution in [0, 0.1) is 11.8 Å². The summed E-state index contributed by atoms with van der Waals surface area (Å²) >= 11 is 0. The van der Waals surface area contributed by atoms with Gasteiger partial charge in [0.2, 0.25) is 5.95 Å². The molecule has 1 aromatic carbocycles. The Labute approximate surface area is 126 Å². The van der Waals surface area contributed by atoms with Crippen molar-refractivity contribution in [3.05, 3.63) is 59.9 Å². The summed E-state index contributed by atoms with van der Waals surface area (Å²) in [6, 6.07) is 10.4. The average molecular weight is 300 g/mol. The highest BCUT2D eigenvalue weighted by atomic mass is 19.1. The van der Waals surface area contributed by atoms with Crippen LogP contribution >= 0.6 is 0 Å². The van der Waals surface area contributed by atoms with Gasteiger partial charge in [0, 0.05) is 6.54 Å². The van der Waals surface area contributed by atoms with Gasteiger partial charge in [0.25, 0.3) is 0 Å². The molecule has 0 bridgehead atoms. The fourth-order valence-corrected chi connectivity index (χ4v) is 3.07. The standard InChI is InChI=1S/C16H14F2N4/c17-12-5-3-11(4-6-12)13-2-1-9-21(13)16-8-7-15-19-14(18)10-22(15)20-16/h3-8,10,13H,1-2,9H2/t13-/m0/s1. The zero-order valence-electron chi connectivity index (χ0n) is 11.8. The second kappa shape index (κ2) is 5.05. The first-order valence-corrected chi connectivity index (χ1v) is 7.25. The van der Waals surface area contributed by atoms with E-state index in [9.17, 15) is 8.78 Å². The Morgan fingerprint density at radius 2 is 1.86 bits per heavy atom.